The molecule has 0 spiro atoms. The summed E-state index contributed by atoms with van der Waals surface area (Å²) >= 11 is 0. The van der Waals surface area contributed by atoms with E-state index in [-0.39, 0.29) is 46.5 Å². The summed E-state index contributed by atoms with van der Waals surface area (Å²) in [6.07, 6.45) is 6.76. The van der Waals surface area contributed by atoms with Crippen molar-refractivity contribution in [2.45, 2.75) is 47.5 Å². The number of nitrogens with one attached hydrogen (secondary N) is 1. The molecule has 0 saturated heterocycles. The molecule has 1 atom stereocenters. The van der Waals surface area contributed by atoms with Crippen molar-refractivity contribution < 1.29 is 46.5 Å². The molecule has 24 heavy (non-hydrogen) atoms. The maximum absolute atomic E-state index is 6.60. The summed E-state index contributed by atoms with van der Waals surface area (Å²) in [5.74, 6) is 0.543. The van der Waals surface area contributed by atoms with Crippen LogP contribution in [0.5, 0.6) is 0 Å². The van der Waals surface area contributed by atoms with E-state index in [0.717, 1.165) is 12.8 Å². The average molecular weight is 402 g/mol. The van der Waals surface area contributed by atoms with Crippen molar-refractivity contribution in [2.24, 2.45) is 5.92 Å². The fourth-order valence-corrected chi connectivity index (χ4v) is 2.76. The van der Waals surface area contributed by atoms with E-state index in [0.29, 0.717) is 12.5 Å². The fraction of sp³-hybridized carbons (Fsp3) is 0.450. The normalized spacial score (nSPS) is 15.1. The molecule has 1 N–H and O–H groups in total. The third-order valence-electron chi connectivity index (χ3n) is 4.04. The molecule has 1 unspecified atom stereocenters. The molecule has 0 bridgehead atoms. The van der Waals surface area contributed by atoms with E-state index in [1.165, 1.54) is 27.8 Å². The van der Waals surface area contributed by atoms with E-state index in [9.17, 15) is 0 Å². The van der Waals surface area contributed by atoms with Crippen LogP contribution in [0.3, 0.4) is 0 Å². The first kappa shape index (κ1) is 28.6. The number of hydrogen-bond donors (Lipinski definition) is 0. The van der Waals surface area contributed by atoms with E-state index in [1.54, 1.807) is 0 Å². The Balaban J connectivity index is -0.000000490. The van der Waals surface area contributed by atoms with Gasteiger partial charge in [-0.1, -0.05) is 62.5 Å². The molecule has 0 fully saturated rings. The first-order chi connectivity index (χ1) is 10.1. The summed E-state index contributed by atoms with van der Waals surface area (Å²) in [4.78, 5) is 0. The van der Waals surface area contributed by atoms with Crippen molar-refractivity contribution in [1.82, 2.24) is 0 Å². The maximum atomic E-state index is 6.60. The molecular formula is C20H29Cl2NTi-2. The second-order valence-corrected chi connectivity index (χ2v) is 5.66. The molecule has 0 amide bonds. The maximum Gasteiger partial charge on any atom is 2.00 e. The van der Waals surface area contributed by atoms with Gasteiger partial charge in [-0.05, 0) is 19.8 Å². The molecule has 0 aromatic heterocycles. The Morgan fingerprint density at radius 3 is 2.08 bits per heavy atom. The Kier molecular flexibility index (Phi) is 18.0. The van der Waals surface area contributed by atoms with Crippen LogP contribution in [0.25, 0.3) is 11.3 Å². The molecule has 1 aliphatic rings. The molecule has 0 aliphatic heterocycles. The molecular weight excluding hydrogens is 373 g/mol. The van der Waals surface area contributed by atoms with Gasteiger partial charge in [0, 0.05) is 0 Å². The Hall–Kier alpha value is -0.176. The molecule has 0 saturated carbocycles. The van der Waals surface area contributed by atoms with Crippen LogP contribution in [0.15, 0.2) is 41.5 Å². The van der Waals surface area contributed by atoms with Crippen LogP contribution in [0.4, 0.5) is 0 Å². The number of halogens is 2. The molecule has 1 aliphatic carbocycles. The van der Waals surface area contributed by atoms with Gasteiger partial charge in [-0.25, -0.2) is 0 Å². The fourth-order valence-electron chi connectivity index (χ4n) is 2.76. The summed E-state index contributed by atoms with van der Waals surface area (Å²) < 4.78 is 0. The molecule has 4 heteroatoms. The molecule has 2 rings (SSSR count). The third-order valence-corrected chi connectivity index (χ3v) is 4.04. The molecule has 1 aromatic rings. The van der Waals surface area contributed by atoms with Gasteiger partial charge in [0.1, 0.15) is 0 Å². The van der Waals surface area contributed by atoms with Gasteiger partial charge in [0.2, 0.25) is 0 Å². The van der Waals surface area contributed by atoms with Gasteiger partial charge >= 0.3 is 21.7 Å². The second-order valence-electron chi connectivity index (χ2n) is 5.66. The number of allylic oxidation sites excluding steroid dienone is 4. The molecule has 0 heterocycles. The molecule has 134 valence electrons. The van der Waals surface area contributed by atoms with Crippen LogP contribution in [0, 0.1) is 12.3 Å². The van der Waals surface area contributed by atoms with Gasteiger partial charge in [-0.3, -0.25) is 0 Å². The second kappa shape index (κ2) is 15.1. The number of benzene rings is 1. The average Bonchev–Trinajstić information content (AvgIpc) is 2.73. The number of hydrogen-bond acceptors (Lipinski definition) is 0. The molecule has 0 radical (unpaired) electrons. The summed E-state index contributed by atoms with van der Waals surface area (Å²) in [5, 5.41) is 0. The third kappa shape index (κ3) is 7.80. The van der Waals surface area contributed by atoms with Crippen LogP contribution in [0.1, 0.15) is 58.6 Å². The first-order valence-electron chi connectivity index (χ1n) is 7.99. The summed E-state index contributed by atoms with van der Waals surface area (Å²) in [7, 11) is 0. The van der Waals surface area contributed by atoms with Gasteiger partial charge in [-0.2, -0.15) is 24.6 Å². The predicted molar refractivity (Wildman–Crippen MR) is 95.1 cm³/mol. The summed E-state index contributed by atoms with van der Waals surface area (Å²) in [6, 6.07) is 8.66. The summed E-state index contributed by atoms with van der Waals surface area (Å²) in [5.41, 5.74) is 13.7. The van der Waals surface area contributed by atoms with Crippen molar-refractivity contribution in [3.05, 3.63) is 64.8 Å². The topological polar surface area (TPSA) is 23.8 Å². The van der Waals surface area contributed by atoms with Crippen LogP contribution < -0.4 is 24.8 Å². The van der Waals surface area contributed by atoms with E-state index in [4.69, 9.17) is 5.73 Å². The Morgan fingerprint density at radius 2 is 1.71 bits per heavy atom. The first-order valence-corrected chi connectivity index (χ1v) is 7.99. The zero-order chi connectivity index (χ0) is 15.8. The minimum Gasteiger partial charge on any atom is -1.00 e. The van der Waals surface area contributed by atoms with E-state index >= 15 is 0 Å². The van der Waals surface area contributed by atoms with Crippen LogP contribution in [-0.2, 0) is 21.7 Å². The van der Waals surface area contributed by atoms with Crippen molar-refractivity contribution in [2.75, 3.05) is 6.54 Å². The van der Waals surface area contributed by atoms with Gasteiger partial charge in [0.25, 0.3) is 0 Å². The SMILES string of the molecule is CCCC[NH-].C[CH-]c1ccccc1C1=C(C)C(C)=CC1C.[Cl-].[Cl-].[Ti+2]. The van der Waals surface area contributed by atoms with Gasteiger partial charge < -0.3 is 30.5 Å². The van der Waals surface area contributed by atoms with Crippen molar-refractivity contribution in [1.29, 1.82) is 0 Å². The Bertz CT molecular complexity index is 522. The van der Waals surface area contributed by atoms with E-state index in [1.807, 2.05) is 0 Å². The quantitative estimate of drug-likeness (QED) is 0.517. The van der Waals surface area contributed by atoms with Gasteiger partial charge in [-0.15, -0.1) is 17.7 Å². The van der Waals surface area contributed by atoms with Crippen LogP contribution >= 0.6 is 0 Å². The predicted octanol–water partition coefficient (Wildman–Crippen LogP) is 0.473. The van der Waals surface area contributed by atoms with Crippen molar-refractivity contribution >= 4 is 5.57 Å². The largest absolute Gasteiger partial charge is 2.00 e. The van der Waals surface area contributed by atoms with Gasteiger partial charge in [0.15, 0.2) is 0 Å². The number of unbranched alkanes of at least 4 members (excludes halogenated alkanes) is 1. The van der Waals surface area contributed by atoms with E-state index in [2.05, 4.69) is 71.4 Å². The van der Waals surface area contributed by atoms with Crippen LogP contribution in [-0.4, -0.2) is 6.54 Å². The molecule has 1 aromatic carbocycles. The number of rotatable bonds is 4. The minimum atomic E-state index is 0. The van der Waals surface area contributed by atoms with Gasteiger partial charge in [0.05, 0.1) is 0 Å². The van der Waals surface area contributed by atoms with Crippen LogP contribution in [0.2, 0.25) is 0 Å². The van der Waals surface area contributed by atoms with Crippen molar-refractivity contribution in [3.8, 4) is 0 Å². The van der Waals surface area contributed by atoms with E-state index < -0.39 is 0 Å². The standard InChI is InChI=1S/C16H19.C4H10N.2ClH.Ti/c1-5-14-8-6-7-9-15(14)16-12(3)10-11(2)13(16)4;1-2-3-4-5;;;/h5-10,12H,1-4H3;5H,2-4H2,1H3;2*1H;/q2*-1;;;+2/p-2. The smallest absolute Gasteiger partial charge is 1.00 e. The van der Waals surface area contributed by atoms with Crippen molar-refractivity contribution in [3.63, 3.8) is 0 Å². The Morgan fingerprint density at radius 1 is 1.12 bits per heavy atom. The molecule has 1 nitrogen and oxygen atoms in total. The zero-order valence-corrected chi connectivity index (χ0v) is 18.5. The zero-order valence-electron chi connectivity index (χ0n) is 15.4. The minimum absolute atomic E-state index is 0. The monoisotopic (exact) mass is 401 g/mol. The Labute approximate surface area is 176 Å². The summed E-state index contributed by atoms with van der Waals surface area (Å²) in [6.45, 7) is 11.5.